The van der Waals surface area contributed by atoms with Gasteiger partial charge in [-0.15, -0.1) is 0 Å². The first kappa shape index (κ1) is 14.0. The second-order valence-corrected chi connectivity index (χ2v) is 4.84. The molecule has 2 aromatic carbocycles. The first-order chi connectivity index (χ1) is 9.70. The largest absolute Gasteiger partial charge is 0.429 e. The number of allylic oxidation sites excluding steroid dienone is 1. The fraction of sp³-hybridized carbons (Fsp3) is 0. The van der Waals surface area contributed by atoms with Crippen molar-refractivity contribution in [2.45, 2.75) is 0 Å². The van der Waals surface area contributed by atoms with Crippen molar-refractivity contribution in [2.24, 2.45) is 0 Å². The maximum absolute atomic E-state index is 11.8. The van der Waals surface area contributed by atoms with E-state index in [4.69, 9.17) is 10.00 Å². The number of ether oxygens (including phenoxy) is 1. The van der Waals surface area contributed by atoms with Gasteiger partial charge in [-0.25, -0.2) is 4.79 Å². The average Bonchev–Trinajstić information content (AvgIpc) is 2.50. The number of hydrogen-bond donors (Lipinski definition) is 0. The molecule has 0 aliphatic heterocycles. The predicted octanol–water partition coefficient (Wildman–Crippen LogP) is 4.17. The van der Waals surface area contributed by atoms with Gasteiger partial charge in [-0.3, -0.25) is 0 Å². The van der Waals surface area contributed by atoms with E-state index in [-0.39, 0.29) is 0 Å². The number of benzene rings is 2. The number of nitriles is 1. The quantitative estimate of drug-likeness (QED) is 0.483. The van der Waals surface area contributed by atoms with Crippen LogP contribution in [-0.4, -0.2) is 5.97 Å². The zero-order valence-corrected chi connectivity index (χ0v) is 12.0. The van der Waals surface area contributed by atoms with Crippen LogP contribution in [0, 0.1) is 11.3 Å². The van der Waals surface area contributed by atoms with Crippen LogP contribution in [0.15, 0.2) is 65.3 Å². The number of carbonyl (C=O) groups is 1. The fourth-order valence-electron chi connectivity index (χ4n) is 1.54. The molecule has 0 radical (unpaired) electrons. The zero-order chi connectivity index (χ0) is 14.4. The van der Waals surface area contributed by atoms with Crippen molar-refractivity contribution < 1.29 is 9.53 Å². The van der Waals surface area contributed by atoms with Gasteiger partial charge < -0.3 is 4.74 Å². The molecule has 0 N–H and O–H groups in total. The van der Waals surface area contributed by atoms with Gasteiger partial charge >= 0.3 is 5.97 Å². The van der Waals surface area contributed by atoms with Crippen molar-refractivity contribution in [2.75, 3.05) is 0 Å². The fourth-order valence-corrected chi connectivity index (χ4v) is 1.81. The lowest BCUT2D eigenvalue weighted by atomic mass is 10.1. The Hall–Kier alpha value is -2.38. The number of hydrogen-bond acceptors (Lipinski definition) is 3. The van der Waals surface area contributed by atoms with Gasteiger partial charge in [0.2, 0.25) is 0 Å². The summed E-state index contributed by atoms with van der Waals surface area (Å²) in [5, 5.41) is 9.11. The van der Waals surface area contributed by atoms with Gasteiger partial charge in [-0.2, -0.15) is 5.26 Å². The van der Waals surface area contributed by atoms with E-state index < -0.39 is 5.97 Å². The molecule has 0 aromatic heterocycles. The summed E-state index contributed by atoms with van der Waals surface area (Å²) in [4.78, 5) is 11.8. The SMILES string of the molecule is N#CC(=COC(=O)c1ccccc1)c1ccc(Br)cc1. The Morgan fingerprint density at radius 3 is 2.30 bits per heavy atom. The van der Waals surface area contributed by atoms with E-state index in [1.54, 1.807) is 36.4 Å². The average molecular weight is 328 g/mol. The second kappa shape index (κ2) is 6.69. The molecule has 4 heteroatoms. The van der Waals surface area contributed by atoms with Gasteiger partial charge in [0.15, 0.2) is 0 Å². The number of esters is 1. The smallest absolute Gasteiger partial charge is 0.342 e. The van der Waals surface area contributed by atoms with Crippen LogP contribution in [0.5, 0.6) is 0 Å². The first-order valence-corrected chi connectivity index (χ1v) is 6.62. The summed E-state index contributed by atoms with van der Waals surface area (Å²) in [6, 6.07) is 17.8. The van der Waals surface area contributed by atoms with Crippen molar-refractivity contribution in [3.63, 3.8) is 0 Å². The summed E-state index contributed by atoms with van der Waals surface area (Å²) >= 11 is 3.32. The lowest BCUT2D eigenvalue weighted by Crippen LogP contribution is -2.00. The third-order valence-corrected chi connectivity index (χ3v) is 3.10. The van der Waals surface area contributed by atoms with E-state index in [9.17, 15) is 4.79 Å². The molecule has 2 rings (SSSR count). The number of nitrogens with zero attached hydrogens (tertiary/aromatic N) is 1. The molecule has 0 bridgehead atoms. The van der Waals surface area contributed by atoms with Crippen LogP contribution in [0.2, 0.25) is 0 Å². The Morgan fingerprint density at radius 2 is 1.70 bits per heavy atom. The summed E-state index contributed by atoms with van der Waals surface area (Å²) in [5.74, 6) is -0.490. The van der Waals surface area contributed by atoms with Crippen molar-refractivity contribution in [1.82, 2.24) is 0 Å². The molecule has 0 aliphatic carbocycles. The number of halogens is 1. The van der Waals surface area contributed by atoms with Crippen LogP contribution in [0.25, 0.3) is 5.57 Å². The summed E-state index contributed by atoms with van der Waals surface area (Å²) in [6.45, 7) is 0. The predicted molar refractivity (Wildman–Crippen MR) is 79.6 cm³/mol. The summed E-state index contributed by atoms with van der Waals surface area (Å²) in [6.07, 6.45) is 1.18. The molecule has 0 unspecified atom stereocenters. The lowest BCUT2D eigenvalue weighted by molar-refractivity contribution is 0.0664. The highest BCUT2D eigenvalue weighted by atomic mass is 79.9. The molecule has 0 fully saturated rings. The maximum Gasteiger partial charge on any atom is 0.342 e. The third-order valence-electron chi connectivity index (χ3n) is 2.57. The summed E-state index contributed by atoms with van der Waals surface area (Å²) in [7, 11) is 0. The van der Waals surface area contributed by atoms with Crippen LogP contribution in [0.3, 0.4) is 0 Å². The highest BCUT2D eigenvalue weighted by molar-refractivity contribution is 9.10. The molecule has 0 saturated heterocycles. The molecule has 0 atom stereocenters. The molecular formula is C16H10BrNO2. The Kier molecular flexibility index (Phi) is 4.70. The molecule has 0 heterocycles. The minimum Gasteiger partial charge on any atom is -0.429 e. The number of carbonyl (C=O) groups excluding carboxylic acids is 1. The van der Waals surface area contributed by atoms with Crippen molar-refractivity contribution in [3.8, 4) is 6.07 Å². The highest BCUT2D eigenvalue weighted by Gasteiger charge is 2.06. The molecule has 3 nitrogen and oxygen atoms in total. The van der Waals surface area contributed by atoms with Gasteiger partial charge in [0.1, 0.15) is 12.3 Å². The minimum absolute atomic E-state index is 0.293. The van der Waals surface area contributed by atoms with E-state index in [2.05, 4.69) is 15.9 Å². The molecule has 0 saturated carbocycles. The van der Waals surface area contributed by atoms with Crippen LogP contribution < -0.4 is 0 Å². The number of rotatable bonds is 3. The van der Waals surface area contributed by atoms with Crippen LogP contribution in [-0.2, 0) is 4.74 Å². The van der Waals surface area contributed by atoms with Gasteiger partial charge in [0, 0.05) is 4.47 Å². The topological polar surface area (TPSA) is 50.1 Å². The normalized spacial score (nSPS) is 10.7. The highest BCUT2D eigenvalue weighted by Crippen LogP contribution is 2.17. The van der Waals surface area contributed by atoms with Crippen LogP contribution in [0.4, 0.5) is 0 Å². The van der Waals surface area contributed by atoms with E-state index >= 15 is 0 Å². The van der Waals surface area contributed by atoms with E-state index in [0.29, 0.717) is 16.7 Å². The zero-order valence-electron chi connectivity index (χ0n) is 10.4. The molecule has 98 valence electrons. The van der Waals surface area contributed by atoms with Crippen molar-refractivity contribution >= 4 is 27.5 Å². The van der Waals surface area contributed by atoms with Gasteiger partial charge in [-0.1, -0.05) is 46.3 Å². The Bertz CT molecular complexity index is 670. The van der Waals surface area contributed by atoms with Gasteiger partial charge in [0.25, 0.3) is 0 Å². The van der Waals surface area contributed by atoms with Crippen molar-refractivity contribution in [1.29, 1.82) is 5.26 Å². The van der Waals surface area contributed by atoms with Crippen LogP contribution in [0.1, 0.15) is 15.9 Å². The minimum atomic E-state index is -0.490. The molecular weight excluding hydrogens is 318 g/mol. The molecule has 2 aromatic rings. The third kappa shape index (κ3) is 3.56. The second-order valence-electron chi connectivity index (χ2n) is 3.92. The maximum atomic E-state index is 11.8. The van der Waals surface area contributed by atoms with E-state index in [1.807, 2.05) is 24.3 Å². The monoisotopic (exact) mass is 327 g/mol. The molecule has 0 aliphatic rings. The van der Waals surface area contributed by atoms with Crippen molar-refractivity contribution in [3.05, 3.63) is 76.5 Å². The first-order valence-electron chi connectivity index (χ1n) is 5.83. The standard InChI is InChI=1S/C16H10BrNO2/c17-15-8-6-12(7-9-15)14(10-18)11-20-16(19)13-4-2-1-3-5-13/h1-9,11H. The van der Waals surface area contributed by atoms with E-state index in [1.165, 1.54) is 6.26 Å². The summed E-state index contributed by atoms with van der Waals surface area (Å²) < 4.78 is 5.95. The van der Waals surface area contributed by atoms with Gasteiger partial charge in [-0.05, 0) is 29.8 Å². The van der Waals surface area contributed by atoms with E-state index in [0.717, 1.165) is 4.47 Å². The molecule has 0 spiro atoms. The molecule has 0 amide bonds. The lowest BCUT2D eigenvalue weighted by Gasteiger charge is -2.01. The summed E-state index contributed by atoms with van der Waals surface area (Å²) in [5.41, 5.74) is 1.43. The van der Waals surface area contributed by atoms with Crippen LogP contribution >= 0.6 is 15.9 Å². The van der Waals surface area contributed by atoms with Gasteiger partial charge in [0.05, 0.1) is 11.1 Å². The Balaban J connectivity index is 2.15. The Morgan fingerprint density at radius 1 is 1.05 bits per heavy atom. The molecule has 20 heavy (non-hydrogen) atoms. The Labute approximate surface area is 125 Å².